The van der Waals surface area contributed by atoms with Gasteiger partial charge in [-0.05, 0) is 43.2 Å². The normalized spacial score (nSPS) is 10.4. The molecule has 2 aromatic rings. The number of benzene rings is 2. The molecule has 0 heterocycles. The van der Waals surface area contributed by atoms with Crippen molar-refractivity contribution < 1.29 is 28.0 Å². The summed E-state index contributed by atoms with van der Waals surface area (Å²) in [6.07, 6.45) is 0. The fraction of sp³-hybridized carbons (Fsp3) is 0.222. The number of rotatable bonds is 7. The third-order valence-corrected chi connectivity index (χ3v) is 4.78. The van der Waals surface area contributed by atoms with E-state index in [1.54, 1.807) is 19.9 Å². The Labute approximate surface area is 163 Å². The first-order chi connectivity index (χ1) is 13.2. The van der Waals surface area contributed by atoms with Gasteiger partial charge in [-0.15, -0.1) is 11.8 Å². The Kier molecular flexibility index (Phi) is 7.05. The predicted molar refractivity (Wildman–Crippen MR) is 99.2 cm³/mol. The molecule has 10 heteroatoms. The number of amides is 1. The summed E-state index contributed by atoms with van der Waals surface area (Å²) in [5, 5.41) is 13.5. The summed E-state index contributed by atoms with van der Waals surface area (Å²) < 4.78 is 31.4. The number of hydrogen-bond donors (Lipinski definition) is 1. The van der Waals surface area contributed by atoms with Crippen LogP contribution in [0.5, 0.6) is 0 Å². The second-order valence-electron chi connectivity index (χ2n) is 5.73. The maximum Gasteiger partial charge on any atom is 0.316 e. The molecule has 1 amide bonds. The molecule has 0 saturated heterocycles. The number of nitro benzene ring substituents is 1. The van der Waals surface area contributed by atoms with E-state index in [0.29, 0.717) is 5.56 Å². The van der Waals surface area contributed by atoms with Gasteiger partial charge >= 0.3 is 5.97 Å². The van der Waals surface area contributed by atoms with Gasteiger partial charge in [0.1, 0.15) is 17.3 Å². The molecule has 0 bridgehead atoms. The Hall–Kier alpha value is -3.01. The molecule has 0 aliphatic carbocycles. The van der Waals surface area contributed by atoms with Crippen molar-refractivity contribution in [2.75, 3.05) is 17.7 Å². The van der Waals surface area contributed by atoms with Crippen LogP contribution in [0.25, 0.3) is 0 Å². The average Bonchev–Trinajstić information content (AvgIpc) is 2.64. The fourth-order valence-corrected chi connectivity index (χ4v) is 2.96. The lowest BCUT2D eigenvalue weighted by molar-refractivity contribution is -0.384. The van der Waals surface area contributed by atoms with Crippen molar-refractivity contribution in [1.29, 1.82) is 0 Å². The highest BCUT2D eigenvalue weighted by Gasteiger charge is 2.20. The van der Waals surface area contributed by atoms with E-state index in [1.807, 2.05) is 0 Å². The van der Waals surface area contributed by atoms with Crippen LogP contribution in [0.15, 0.2) is 35.2 Å². The molecule has 0 fully saturated rings. The molecule has 0 aliphatic heterocycles. The zero-order chi connectivity index (χ0) is 20.8. The van der Waals surface area contributed by atoms with E-state index in [0.717, 1.165) is 35.5 Å². The summed E-state index contributed by atoms with van der Waals surface area (Å²) in [6.45, 7) is 2.68. The van der Waals surface area contributed by atoms with Crippen molar-refractivity contribution in [2.24, 2.45) is 0 Å². The number of carbonyl (C=O) groups excluding carboxylic acids is 2. The highest BCUT2D eigenvalue weighted by molar-refractivity contribution is 8.00. The van der Waals surface area contributed by atoms with E-state index in [-0.39, 0.29) is 22.0 Å². The topological polar surface area (TPSA) is 98.5 Å². The van der Waals surface area contributed by atoms with Gasteiger partial charge in [0, 0.05) is 11.0 Å². The number of esters is 1. The number of nitro groups is 1. The van der Waals surface area contributed by atoms with Crippen LogP contribution >= 0.6 is 11.8 Å². The van der Waals surface area contributed by atoms with Crippen LogP contribution in [0.2, 0.25) is 0 Å². The van der Waals surface area contributed by atoms with Gasteiger partial charge in [0.2, 0.25) is 0 Å². The van der Waals surface area contributed by atoms with Crippen molar-refractivity contribution in [3.63, 3.8) is 0 Å². The van der Waals surface area contributed by atoms with Crippen molar-refractivity contribution in [1.82, 2.24) is 0 Å². The number of thioether (sulfide) groups is 1. The van der Waals surface area contributed by atoms with E-state index in [9.17, 15) is 28.5 Å². The van der Waals surface area contributed by atoms with Gasteiger partial charge in [0.15, 0.2) is 6.61 Å². The molecule has 0 spiro atoms. The third-order valence-electron chi connectivity index (χ3n) is 3.78. The molecule has 1 N–H and O–H groups in total. The van der Waals surface area contributed by atoms with Gasteiger partial charge in [-0.2, -0.15) is 0 Å². The smallest absolute Gasteiger partial charge is 0.316 e. The lowest BCUT2D eigenvalue weighted by Crippen LogP contribution is -2.22. The maximum atomic E-state index is 13.5. The van der Waals surface area contributed by atoms with E-state index in [1.165, 1.54) is 6.07 Å². The minimum Gasteiger partial charge on any atom is -0.455 e. The van der Waals surface area contributed by atoms with Crippen LogP contribution in [-0.4, -0.2) is 29.2 Å². The second kappa shape index (κ2) is 9.27. The van der Waals surface area contributed by atoms with E-state index in [2.05, 4.69) is 5.32 Å². The van der Waals surface area contributed by atoms with Crippen LogP contribution in [0.1, 0.15) is 11.1 Å². The third kappa shape index (κ3) is 5.49. The molecule has 148 valence electrons. The molecule has 0 aromatic heterocycles. The Bertz CT molecular complexity index is 936. The van der Waals surface area contributed by atoms with Crippen LogP contribution in [0, 0.1) is 35.6 Å². The van der Waals surface area contributed by atoms with Crippen molar-refractivity contribution in [3.8, 4) is 0 Å². The van der Waals surface area contributed by atoms with Gasteiger partial charge in [-0.3, -0.25) is 19.7 Å². The summed E-state index contributed by atoms with van der Waals surface area (Å²) in [6, 6.07) is 5.67. The Morgan fingerprint density at radius 1 is 1.21 bits per heavy atom. The highest BCUT2D eigenvalue weighted by Crippen LogP contribution is 2.30. The second-order valence-corrected chi connectivity index (χ2v) is 6.75. The highest BCUT2D eigenvalue weighted by atomic mass is 32.2. The van der Waals surface area contributed by atoms with Gasteiger partial charge in [0.25, 0.3) is 11.6 Å². The number of halogens is 2. The van der Waals surface area contributed by atoms with E-state index < -0.39 is 35.0 Å². The molecule has 2 rings (SSSR count). The fourth-order valence-electron chi connectivity index (χ4n) is 2.20. The molecule has 0 unspecified atom stereocenters. The zero-order valence-corrected chi connectivity index (χ0v) is 15.8. The molecule has 0 radical (unpaired) electrons. The van der Waals surface area contributed by atoms with Crippen LogP contribution in [-0.2, 0) is 14.3 Å². The van der Waals surface area contributed by atoms with Crippen molar-refractivity contribution in [2.45, 2.75) is 18.7 Å². The number of ether oxygens (including phenoxy) is 1. The minimum atomic E-state index is -0.820. The molecule has 28 heavy (non-hydrogen) atoms. The molecule has 7 nitrogen and oxygen atoms in total. The number of anilines is 1. The Morgan fingerprint density at radius 3 is 2.61 bits per heavy atom. The maximum absolute atomic E-state index is 13.5. The van der Waals surface area contributed by atoms with Crippen LogP contribution in [0.4, 0.5) is 20.2 Å². The number of nitrogens with zero attached hydrogens (tertiary/aromatic N) is 1. The van der Waals surface area contributed by atoms with Gasteiger partial charge in [0.05, 0.1) is 10.7 Å². The minimum absolute atomic E-state index is 0.0299. The van der Waals surface area contributed by atoms with E-state index >= 15 is 0 Å². The van der Waals surface area contributed by atoms with Gasteiger partial charge in [-0.25, -0.2) is 8.78 Å². The zero-order valence-electron chi connectivity index (χ0n) is 15.0. The number of hydrogen-bond acceptors (Lipinski definition) is 6. The van der Waals surface area contributed by atoms with Crippen LogP contribution in [0.3, 0.4) is 0 Å². The summed E-state index contributed by atoms with van der Waals surface area (Å²) in [5.41, 5.74) is 1.01. The first-order valence-electron chi connectivity index (χ1n) is 7.97. The van der Waals surface area contributed by atoms with Gasteiger partial charge in [-0.1, -0.05) is 6.07 Å². The molecule has 2 aromatic carbocycles. The summed E-state index contributed by atoms with van der Waals surface area (Å²) in [4.78, 5) is 34.1. The summed E-state index contributed by atoms with van der Waals surface area (Å²) in [7, 11) is 0. The lowest BCUT2D eigenvalue weighted by atomic mass is 10.1. The summed E-state index contributed by atoms with van der Waals surface area (Å²) in [5.74, 6) is -3.24. The molecule has 0 saturated carbocycles. The molecular weight excluding hydrogens is 394 g/mol. The first kappa shape index (κ1) is 21.3. The lowest BCUT2D eigenvalue weighted by Gasteiger charge is -2.11. The number of nitrogens with one attached hydrogen (secondary N) is 1. The quantitative estimate of drug-likeness (QED) is 0.323. The summed E-state index contributed by atoms with van der Waals surface area (Å²) >= 11 is 0.725. The molecule has 0 aliphatic rings. The largest absolute Gasteiger partial charge is 0.455 e. The monoisotopic (exact) mass is 410 g/mol. The Morgan fingerprint density at radius 2 is 1.93 bits per heavy atom. The first-order valence-corrected chi connectivity index (χ1v) is 8.95. The SMILES string of the molecule is Cc1ccc([N+](=O)[O-])c(NC(=O)COC(=O)CSc2cc(F)ccc2F)c1C. The number of aryl methyl sites for hydroxylation is 1. The predicted octanol–water partition coefficient (Wildman–Crippen LogP) is 3.76. The number of carbonyl (C=O) groups is 2. The Balaban J connectivity index is 1.92. The van der Waals surface area contributed by atoms with Crippen molar-refractivity contribution >= 4 is 35.0 Å². The van der Waals surface area contributed by atoms with Gasteiger partial charge < -0.3 is 10.1 Å². The molecular formula is C18H16F2N2O5S. The average molecular weight is 410 g/mol. The van der Waals surface area contributed by atoms with E-state index in [4.69, 9.17) is 4.74 Å². The van der Waals surface area contributed by atoms with Crippen molar-refractivity contribution in [3.05, 3.63) is 63.2 Å². The molecule has 0 atom stereocenters. The standard InChI is InChI=1S/C18H16F2N2O5S/c1-10-3-6-14(22(25)26)18(11(10)2)21-16(23)8-27-17(24)9-28-15-7-12(19)4-5-13(15)20/h3-7H,8-9H2,1-2H3,(H,21,23). The van der Waals surface area contributed by atoms with Crippen LogP contribution < -0.4 is 5.32 Å².